The van der Waals surface area contributed by atoms with Gasteiger partial charge in [-0.25, -0.2) is 4.98 Å². The SMILES string of the molecule is CCC=CCC=CCC=CCC=CCC=CCC=CCCC(=O)NCCC(CCNC(=O)c1c[n+]([O-])c(C)cn1)N1CCOCC1. The van der Waals surface area contributed by atoms with E-state index in [1.165, 1.54) is 12.4 Å². The van der Waals surface area contributed by atoms with Crippen molar-refractivity contribution < 1.29 is 19.1 Å². The van der Waals surface area contributed by atoms with Crippen LogP contribution in [0.5, 0.6) is 0 Å². The van der Waals surface area contributed by atoms with Gasteiger partial charge in [0.25, 0.3) is 5.91 Å². The minimum absolute atomic E-state index is 0.0462. The molecule has 1 atom stereocenters. The summed E-state index contributed by atoms with van der Waals surface area (Å²) >= 11 is 0. The molecule has 1 aromatic rings. The zero-order valence-corrected chi connectivity index (χ0v) is 27.9. The molecule has 0 spiro atoms. The minimum Gasteiger partial charge on any atom is -0.618 e. The van der Waals surface area contributed by atoms with Crippen LogP contribution < -0.4 is 15.4 Å². The van der Waals surface area contributed by atoms with E-state index in [0.717, 1.165) is 64.5 Å². The van der Waals surface area contributed by atoms with Gasteiger partial charge < -0.3 is 20.6 Å². The van der Waals surface area contributed by atoms with Gasteiger partial charge in [0.2, 0.25) is 17.8 Å². The number of hydrogen-bond donors (Lipinski definition) is 2. The van der Waals surface area contributed by atoms with Crippen molar-refractivity contribution >= 4 is 11.8 Å². The standard InChI is InChI=1S/C37H55N5O4/c1-3-4-5-6-7-8-9-10-11-12-13-14-15-16-17-18-19-20-21-22-36(43)38-25-23-34(41-27-29-46-30-28-41)24-26-39-37(44)35-32-42(45)33(2)31-40-35/h4-5,7-8,10-11,13-14,16-17,19-20,31-32,34H,3,6,9,12,15,18,21-30H2,1-2H3,(H,38,43)(H,39,44). The molecule has 46 heavy (non-hydrogen) atoms. The third kappa shape index (κ3) is 18.2. The Bertz CT molecular complexity index is 1180. The summed E-state index contributed by atoms with van der Waals surface area (Å²) in [6.45, 7) is 7.82. The van der Waals surface area contributed by atoms with Crippen LogP contribution >= 0.6 is 0 Å². The molecule has 2 rings (SSSR count). The molecule has 9 heteroatoms. The number of rotatable bonds is 22. The third-order valence-corrected chi connectivity index (χ3v) is 7.47. The first-order chi connectivity index (χ1) is 22.5. The fraction of sp³-hybridized carbons (Fsp3) is 0.514. The van der Waals surface area contributed by atoms with Crippen LogP contribution in [0.2, 0.25) is 0 Å². The van der Waals surface area contributed by atoms with E-state index in [4.69, 9.17) is 4.74 Å². The van der Waals surface area contributed by atoms with Crippen LogP contribution in [-0.2, 0) is 9.53 Å². The fourth-order valence-corrected chi connectivity index (χ4v) is 4.80. The van der Waals surface area contributed by atoms with Crippen LogP contribution in [0.15, 0.2) is 85.3 Å². The van der Waals surface area contributed by atoms with Gasteiger partial charge in [0.1, 0.15) is 0 Å². The maximum Gasteiger partial charge on any atom is 0.276 e. The normalized spacial score (nSPS) is 15.3. The highest BCUT2D eigenvalue weighted by Crippen LogP contribution is 2.11. The Hall–Kier alpha value is -3.82. The number of nitrogens with one attached hydrogen (secondary N) is 2. The predicted octanol–water partition coefficient (Wildman–Crippen LogP) is 5.83. The first kappa shape index (κ1) is 38.4. The summed E-state index contributed by atoms with van der Waals surface area (Å²) in [6.07, 6.45) is 37.2. The lowest BCUT2D eigenvalue weighted by molar-refractivity contribution is -0.613. The Morgan fingerprint density at radius 1 is 0.870 bits per heavy atom. The van der Waals surface area contributed by atoms with Gasteiger partial charge in [-0.15, -0.1) is 0 Å². The molecule has 1 aliphatic rings. The van der Waals surface area contributed by atoms with Gasteiger partial charge in [0.15, 0.2) is 5.69 Å². The van der Waals surface area contributed by atoms with E-state index in [-0.39, 0.29) is 23.6 Å². The number of morpholine rings is 1. The smallest absolute Gasteiger partial charge is 0.276 e. The molecule has 0 saturated carbocycles. The van der Waals surface area contributed by atoms with Crippen LogP contribution in [0.25, 0.3) is 0 Å². The molecule has 0 bridgehead atoms. The number of carbonyl (C=O) groups excluding carboxylic acids is 2. The lowest BCUT2D eigenvalue weighted by Gasteiger charge is -2.34. The van der Waals surface area contributed by atoms with Crippen molar-refractivity contribution in [2.24, 2.45) is 0 Å². The predicted molar refractivity (Wildman–Crippen MR) is 186 cm³/mol. The zero-order chi connectivity index (χ0) is 33.1. The highest BCUT2D eigenvalue weighted by atomic mass is 16.5. The van der Waals surface area contributed by atoms with Gasteiger partial charge in [0, 0.05) is 45.6 Å². The molecule has 252 valence electrons. The first-order valence-electron chi connectivity index (χ1n) is 16.8. The van der Waals surface area contributed by atoms with Crippen LogP contribution in [-0.4, -0.2) is 67.1 Å². The Morgan fingerprint density at radius 3 is 1.93 bits per heavy atom. The highest BCUT2D eigenvalue weighted by molar-refractivity contribution is 5.91. The molecule has 1 aromatic heterocycles. The van der Waals surface area contributed by atoms with Gasteiger partial charge in [-0.05, 0) is 57.8 Å². The summed E-state index contributed by atoms with van der Waals surface area (Å²) in [6, 6.07) is 0.197. The molecule has 1 unspecified atom stereocenters. The van der Waals surface area contributed by atoms with Crippen molar-refractivity contribution in [2.75, 3.05) is 39.4 Å². The maximum absolute atomic E-state index is 12.4. The molecule has 1 fully saturated rings. The molecule has 0 aliphatic carbocycles. The van der Waals surface area contributed by atoms with E-state index < -0.39 is 0 Å². The van der Waals surface area contributed by atoms with Crippen molar-refractivity contribution in [1.29, 1.82) is 0 Å². The minimum atomic E-state index is -0.368. The molecule has 1 aliphatic heterocycles. The Balaban J connectivity index is 1.56. The van der Waals surface area contributed by atoms with Crippen molar-refractivity contribution in [1.82, 2.24) is 20.5 Å². The average molecular weight is 634 g/mol. The van der Waals surface area contributed by atoms with Gasteiger partial charge in [-0.2, -0.15) is 4.73 Å². The topological polar surface area (TPSA) is 110 Å². The molecule has 9 nitrogen and oxygen atoms in total. The van der Waals surface area contributed by atoms with E-state index in [0.29, 0.717) is 49.6 Å². The van der Waals surface area contributed by atoms with E-state index in [2.05, 4.69) is 100 Å². The van der Waals surface area contributed by atoms with Crippen LogP contribution in [0.4, 0.5) is 0 Å². The van der Waals surface area contributed by atoms with Gasteiger partial charge in [0.05, 0.1) is 19.4 Å². The van der Waals surface area contributed by atoms with Crippen molar-refractivity contribution in [3.8, 4) is 0 Å². The molecule has 0 radical (unpaired) electrons. The summed E-state index contributed by atoms with van der Waals surface area (Å²) in [5, 5.41) is 17.7. The van der Waals surface area contributed by atoms with E-state index >= 15 is 0 Å². The molecule has 2 heterocycles. The van der Waals surface area contributed by atoms with E-state index in [1.54, 1.807) is 6.92 Å². The number of carbonyl (C=O) groups is 2. The molecular formula is C37H55N5O4. The summed E-state index contributed by atoms with van der Waals surface area (Å²) in [5.74, 6) is -0.321. The number of nitrogens with zero attached hydrogens (tertiary/aromatic N) is 3. The van der Waals surface area contributed by atoms with Crippen LogP contribution in [0.3, 0.4) is 0 Å². The lowest BCUT2D eigenvalue weighted by atomic mass is 10.1. The second kappa shape index (κ2) is 25.4. The quantitative estimate of drug-likeness (QED) is 0.0945. The number of amides is 2. The third-order valence-electron chi connectivity index (χ3n) is 7.47. The van der Waals surface area contributed by atoms with E-state index in [9.17, 15) is 14.8 Å². The Morgan fingerprint density at radius 2 is 1.39 bits per heavy atom. The molecule has 1 saturated heterocycles. The summed E-state index contributed by atoms with van der Waals surface area (Å²) in [5.41, 5.74) is 0.533. The molecular weight excluding hydrogens is 578 g/mol. The van der Waals surface area contributed by atoms with E-state index in [1.807, 2.05) is 0 Å². The Labute approximate surface area is 276 Å². The second-order valence-corrected chi connectivity index (χ2v) is 11.2. The largest absolute Gasteiger partial charge is 0.618 e. The van der Waals surface area contributed by atoms with Crippen molar-refractivity contribution in [2.45, 2.75) is 84.1 Å². The first-order valence-corrected chi connectivity index (χ1v) is 16.8. The maximum atomic E-state index is 12.4. The van der Waals surface area contributed by atoms with Crippen LogP contribution in [0, 0.1) is 12.1 Å². The van der Waals surface area contributed by atoms with Gasteiger partial charge in [-0.1, -0.05) is 79.8 Å². The highest BCUT2D eigenvalue weighted by Gasteiger charge is 2.21. The number of hydrogen-bond acceptors (Lipinski definition) is 6. The summed E-state index contributed by atoms with van der Waals surface area (Å²) in [7, 11) is 0. The zero-order valence-electron chi connectivity index (χ0n) is 27.9. The fourth-order valence-electron chi connectivity index (χ4n) is 4.80. The monoisotopic (exact) mass is 633 g/mol. The Kier molecular flexibility index (Phi) is 21.2. The van der Waals surface area contributed by atoms with Crippen molar-refractivity contribution in [3.05, 3.63) is 102 Å². The molecule has 2 amide bonds. The summed E-state index contributed by atoms with van der Waals surface area (Å²) < 4.78 is 6.15. The lowest BCUT2D eigenvalue weighted by Crippen LogP contribution is -2.46. The number of ether oxygens (including phenoxy) is 1. The van der Waals surface area contributed by atoms with Gasteiger partial charge >= 0.3 is 0 Å². The molecule has 2 N–H and O–H groups in total. The number of aryl methyl sites for hydroxylation is 1. The van der Waals surface area contributed by atoms with Gasteiger partial charge in [-0.3, -0.25) is 14.5 Å². The number of allylic oxidation sites excluding steroid dienone is 12. The van der Waals surface area contributed by atoms with Crippen LogP contribution in [0.1, 0.15) is 87.3 Å². The molecule has 0 aromatic carbocycles. The number of aromatic nitrogens is 2. The average Bonchev–Trinajstić information content (AvgIpc) is 3.06. The second-order valence-electron chi connectivity index (χ2n) is 11.2. The summed E-state index contributed by atoms with van der Waals surface area (Å²) in [4.78, 5) is 31.2. The van der Waals surface area contributed by atoms with Crippen molar-refractivity contribution in [3.63, 3.8) is 0 Å².